The Morgan fingerprint density at radius 3 is 2.46 bits per heavy atom. The van der Waals surface area contributed by atoms with Crippen molar-refractivity contribution in [2.75, 3.05) is 6.61 Å². The molecule has 0 atom stereocenters. The molecule has 0 saturated heterocycles. The van der Waals surface area contributed by atoms with Crippen molar-refractivity contribution in [2.24, 2.45) is 0 Å². The van der Waals surface area contributed by atoms with Gasteiger partial charge in [-0.2, -0.15) is 10.5 Å². The summed E-state index contributed by atoms with van der Waals surface area (Å²) < 4.78 is 5.92. The van der Waals surface area contributed by atoms with Gasteiger partial charge in [0, 0.05) is 5.56 Å². The Bertz CT molecular complexity index is 1030. The van der Waals surface area contributed by atoms with Crippen LogP contribution in [0.4, 0.5) is 0 Å². The molecule has 3 nitrogen and oxygen atoms in total. The molecule has 0 fully saturated rings. The van der Waals surface area contributed by atoms with Crippen molar-refractivity contribution in [2.45, 2.75) is 13.3 Å². The topological polar surface area (TPSA) is 56.8 Å². The van der Waals surface area contributed by atoms with Gasteiger partial charge in [-0.15, -0.1) is 0 Å². The predicted octanol–water partition coefficient (Wildman–Crippen LogP) is 5.56. The first-order valence-corrected chi connectivity index (χ1v) is 8.53. The van der Waals surface area contributed by atoms with Gasteiger partial charge in [-0.1, -0.05) is 49.4 Å². The van der Waals surface area contributed by atoms with E-state index in [1.807, 2.05) is 42.5 Å². The van der Waals surface area contributed by atoms with Gasteiger partial charge in [0.25, 0.3) is 0 Å². The molecule has 0 aliphatic heterocycles. The first-order valence-electron chi connectivity index (χ1n) is 8.53. The SMILES string of the molecule is CCCOc1ccc2ccccc2c1/C=C(/C#N)c1ccc(C#N)cc1. The lowest BCUT2D eigenvalue weighted by Gasteiger charge is -2.12. The molecule has 0 aliphatic carbocycles. The summed E-state index contributed by atoms with van der Waals surface area (Å²) in [5.74, 6) is 0.770. The van der Waals surface area contributed by atoms with E-state index >= 15 is 0 Å². The van der Waals surface area contributed by atoms with Gasteiger partial charge in [0.05, 0.1) is 29.9 Å². The number of ether oxygens (including phenoxy) is 1. The standard InChI is InChI=1S/C23H18N2O/c1-2-13-26-23-12-11-19-5-3-4-6-21(19)22(23)14-20(16-25)18-9-7-17(15-24)8-10-18/h3-12,14H,2,13H2,1H3/b20-14-. The molecule has 3 heteroatoms. The van der Waals surface area contributed by atoms with E-state index in [1.54, 1.807) is 24.3 Å². The Hall–Kier alpha value is -3.56. The largest absolute Gasteiger partial charge is 0.493 e. The summed E-state index contributed by atoms with van der Waals surface area (Å²) in [5.41, 5.74) is 2.79. The van der Waals surface area contributed by atoms with E-state index in [2.05, 4.69) is 19.1 Å². The third-order valence-electron chi connectivity index (χ3n) is 4.13. The van der Waals surface area contributed by atoms with Crippen LogP contribution >= 0.6 is 0 Å². The van der Waals surface area contributed by atoms with Gasteiger partial charge in [-0.3, -0.25) is 0 Å². The Labute approximate surface area is 153 Å². The maximum atomic E-state index is 9.68. The average molecular weight is 338 g/mol. The fourth-order valence-corrected chi connectivity index (χ4v) is 2.81. The highest BCUT2D eigenvalue weighted by atomic mass is 16.5. The molecule has 0 aliphatic rings. The number of benzene rings is 3. The lowest BCUT2D eigenvalue weighted by Crippen LogP contribution is -1.97. The fourth-order valence-electron chi connectivity index (χ4n) is 2.81. The molecule has 3 rings (SSSR count). The van der Waals surface area contributed by atoms with E-state index in [0.29, 0.717) is 17.7 Å². The molecule has 0 aromatic heterocycles. The van der Waals surface area contributed by atoms with E-state index < -0.39 is 0 Å². The maximum Gasteiger partial charge on any atom is 0.127 e. The molecular weight excluding hydrogens is 320 g/mol. The van der Waals surface area contributed by atoms with Crippen molar-refractivity contribution >= 4 is 22.4 Å². The maximum absolute atomic E-state index is 9.68. The molecule has 0 amide bonds. The average Bonchev–Trinajstić information content (AvgIpc) is 2.71. The van der Waals surface area contributed by atoms with E-state index in [9.17, 15) is 5.26 Å². The molecule has 0 radical (unpaired) electrons. The third-order valence-corrected chi connectivity index (χ3v) is 4.13. The first-order chi connectivity index (χ1) is 12.8. The number of rotatable bonds is 5. The third kappa shape index (κ3) is 3.58. The second kappa shape index (κ2) is 8.01. The van der Waals surface area contributed by atoms with Gasteiger partial charge in [0.1, 0.15) is 5.75 Å². The molecule has 26 heavy (non-hydrogen) atoms. The van der Waals surface area contributed by atoms with Crippen LogP contribution < -0.4 is 4.74 Å². The van der Waals surface area contributed by atoms with E-state index in [0.717, 1.165) is 34.1 Å². The summed E-state index contributed by atoms with van der Waals surface area (Å²) in [7, 11) is 0. The van der Waals surface area contributed by atoms with Gasteiger partial charge in [-0.05, 0) is 47.0 Å². The molecule has 3 aromatic rings. The monoisotopic (exact) mass is 338 g/mol. The number of allylic oxidation sites excluding steroid dienone is 1. The van der Waals surface area contributed by atoms with E-state index in [-0.39, 0.29) is 0 Å². The molecule has 0 bridgehead atoms. The Morgan fingerprint density at radius 1 is 1.00 bits per heavy atom. The van der Waals surface area contributed by atoms with E-state index in [4.69, 9.17) is 10.00 Å². The number of nitriles is 2. The van der Waals surface area contributed by atoms with Gasteiger partial charge >= 0.3 is 0 Å². The van der Waals surface area contributed by atoms with Gasteiger partial charge in [-0.25, -0.2) is 0 Å². The lowest BCUT2D eigenvalue weighted by molar-refractivity contribution is 0.317. The smallest absolute Gasteiger partial charge is 0.127 e. The molecule has 0 N–H and O–H groups in total. The zero-order valence-corrected chi connectivity index (χ0v) is 14.6. The molecule has 126 valence electrons. The normalized spacial score (nSPS) is 11.0. The molecular formula is C23H18N2O. The highest BCUT2D eigenvalue weighted by molar-refractivity contribution is 6.00. The van der Waals surface area contributed by atoms with Crippen molar-refractivity contribution in [1.29, 1.82) is 10.5 Å². The number of hydrogen-bond acceptors (Lipinski definition) is 3. The summed E-state index contributed by atoms with van der Waals surface area (Å²) in [5, 5.41) is 20.8. The second-order valence-electron chi connectivity index (χ2n) is 5.91. The Balaban J connectivity index is 2.15. The van der Waals surface area contributed by atoms with Crippen LogP contribution in [0.15, 0.2) is 60.7 Å². The first kappa shape index (κ1) is 17.3. The van der Waals surface area contributed by atoms with Crippen molar-refractivity contribution in [3.8, 4) is 17.9 Å². The van der Waals surface area contributed by atoms with Crippen LogP contribution in [0.3, 0.4) is 0 Å². The van der Waals surface area contributed by atoms with Crippen molar-refractivity contribution in [1.82, 2.24) is 0 Å². The highest BCUT2D eigenvalue weighted by Crippen LogP contribution is 2.32. The molecule has 0 unspecified atom stereocenters. The summed E-state index contributed by atoms with van der Waals surface area (Å²) in [6, 6.07) is 23.5. The lowest BCUT2D eigenvalue weighted by atomic mass is 9.98. The van der Waals surface area contributed by atoms with Crippen LogP contribution in [0.25, 0.3) is 22.4 Å². The number of fused-ring (bicyclic) bond motifs is 1. The zero-order valence-electron chi connectivity index (χ0n) is 14.6. The zero-order chi connectivity index (χ0) is 18.4. The summed E-state index contributed by atoms with van der Waals surface area (Å²) >= 11 is 0. The summed E-state index contributed by atoms with van der Waals surface area (Å²) in [6.07, 6.45) is 2.78. The molecule has 0 spiro atoms. The Morgan fingerprint density at radius 2 is 1.77 bits per heavy atom. The van der Waals surface area contributed by atoms with E-state index in [1.165, 1.54) is 0 Å². The highest BCUT2D eigenvalue weighted by Gasteiger charge is 2.10. The summed E-state index contributed by atoms with van der Waals surface area (Å²) in [4.78, 5) is 0. The van der Waals surface area contributed by atoms with Crippen LogP contribution in [-0.2, 0) is 0 Å². The second-order valence-corrected chi connectivity index (χ2v) is 5.91. The minimum absolute atomic E-state index is 0.534. The Kier molecular flexibility index (Phi) is 5.32. The minimum Gasteiger partial charge on any atom is -0.493 e. The van der Waals surface area contributed by atoms with Crippen LogP contribution in [0, 0.1) is 22.7 Å². The molecule has 3 aromatic carbocycles. The summed E-state index contributed by atoms with van der Waals surface area (Å²) in [6.45, 7) is 2.69. The molecule has 0 heterocycles. The fraction of sp³-hybridized carbons (Fsp3) is 0.130. The van der Waals surface area contributed by atoms with Gasteiger partial charge in [0.2, 0.25) is 0 Å². The number of hydrogen-bond donors (Lipinski definition) is 0. The van der Waals surface area contributed by atoms with Crippen molar-refractivity contribution < 1.29 is 4.74 Å². The number of nitrogens with zero attached hydrogens (tertiary/aromatic N) is 2. The van der Waals surface area contributed by atoms with Crippen LogP contribution in [-0.4, -0.2) is 6.61 Å². The van der Waals surface area contributed by atoms with Crippen LogP contribution in [0.1, 0.15) is 30.0 Å². The van der Waals surface area contributed by atoms with Crippen LogP contribution in [0.5, 0.6) is 5.75 Å². The van der Waals surface area contributed by atoms with Gasteiger partial charge < -0.3 is 4.74 Å². The van der Waals surface area contributed by atoms with Crippen molar-refractivity contribution in [3.05, 3.63) is 77.4 Å². The molecule has 0 saturated carbocycles. The predicted molar refractivity (Wildman–Crippen MR) is 104 cm³/mol. The van der Waals surface area contributed by atoms with Crippen molar-refractivity contribution in [3.63, 3.8) is 0 Å². The van der Waals surface area contributed by atoms with Gasteiger partial charge in [0.15, 0.2) is 0 Å². The minimum atomic E-state index is 0.534. The quantitative estimate of drug-likeness (QED) is 0.452. The van der Waals surface area contributed by atoms with Crippen LogP contribution in [0.2, 0.25) is 0 Å².